The molecule has 0 aliphatic heterocycles. The normalized spacial score (nSPS) is 22.6. The Labute approximate surface area is 136 Å². The number of carbonyl (C=O) groups excluding carboxylic acids is 1. The number of nitrogens with one attached hydrogen (secondary N) is 2. The minimum atomic E-state index is -0.441. The zero-order valence-corrected chi connectivity index (χ0v) is 15.6. The third kappa shape index (κ3) is 6.55. The monoisotopic (exact) mass is 312 g/mol. The fraction of sp³-hybridized carbons (Fsp3) is 0.944. The first-order valence-corrected chi connectivity index (χ1v) is 8.71. The standard InChI is InChI=1S/C18H36N2O2/c1-13(2)14(12-20-16(21)22-17(3,4)5)11-19-15-9-8-10-18(15,6)7/h13-15,19H,8-12H2,1-7H3,(H,20,21). The van der Waals surface area contributed by atoms with E-state index in [0.717, 1.165) is 6.54 Å². The molecule has 1 rings (SSSR count). The average molecular weight is 312 g/mol. The van der Waals surface area contributed by atoms with Crippen LogP contribution >= 0.6 is 0 Å². The van der Waals surface area contributed by atoms with Gasteiger partial charge >= 0.3 is 6.09 Å². The summed E-state index contributed by atoms with van der Waals surface area (Å²) in [4.78, 5) is 11.8. The van der Waals surface area contributed by atoms with Crippen LogP contribution in [-0.4, -0.2) is 30.8 Å². The summed E-state index contributed by atoms with van der Waals surface area (Å²) in [5.41, 5.74) is -0.0519. The Morgan fingerprint density at radius 1 is 1.27 bits per heavy atom. The highest BCUT2D eigenvalue weighted by atomic mass is 16.6. The summed E-state index contributed by atoms with van der Waals surface area (Å²) >= 11 is 0. The minimum Gasteiger partial charge on any atom is -0.444 e. The number of carbonyl (C=O) groups is 1. The molecule has 0 aromatic carbocycles. The summed E-state index contributed by atoms with van der Waals surface area (Å²) < 4.78 is 5.31. The highest BCUT2D eigenvalue weighted by Gasteiger charge is 2.34. The van der Waals surface area contributed by atoms with Gasteiger partial charge in [-0.25, -0.2) is 4.79 Å². The van der Waals surface area contributed by atoms with Crippen LogP contribution in [0.4, 0.5) is 4.79 Å². The summed E-state index contributed by atoms with van der Waals surface area (Å²) in [6.07, 6.45) is 3.55. The summed E-state index contributed by atoms with van der Waals surface area (Å²) in [5, 5.41) is 6.65. The molecular weight excluding hydrogens is 276 g/mol. The van der Waals surface area contributed by atoms with Crippen LogP contribution in [0.2, 0.25) is 0 Å². The van der Waals surface area contributed by atoms with Crippen molar-refractivity contribution in [2.75, 3.05) is 13.1 Å². The second-order valence-corrected chi connectivity index (χ2v) is 8.73. The molecule has 0 radical (unpaired) electrons. The highest BCUT2D eigenvalue weighted by molar-refractivity contribution is 5.67. The number of hydrogen-bond donors (Lipinski definition) is 2. The van der Waals surface area contributed by atoms with Crippen LogP contribution in [0, 0.1) is 17.3 Å². The van der Waals surface area contributed by atoms with Crippen molar-refractivity contribution in [2.24, 2.45) is 17.3 Å². The molecule has 1 aliphatic carbocycles. The number of ether oxygens (including phenoxy) is 1. The van der Waals surface area contributed by atoms with E-state index in [-0.39, 0.29) is 6.09 Å². The SMILES string of the molecule is CC(C)C(CNC(=O)OC(C)(C)C)CNC1CCCC1(C)C. The lowest BCUT2D eigenvalue weighted by Gasteiger charge is -2.31. The Bertz CT molecular complexity index is 359. The molecule has 4 heteroatoms. The van der Waals surface area contributed by atoms with E-state index < -0.39 is 5.60 Å². The number of rotatable bonds is 6. The van der Waals surface area contributed by atoms with Gasteiger partial charge in [-0.1, -0.05) is 34.1 Å². The van der Waals surface area contributed by atoms with Gasteiger partial charge in [-0.3, -0.25) is 0 Å². The van der Waals surface area contributed by atoms with E-state index in [1.807, 2.05) is 20.8 Å². The molecule has 130 valence electrons. The largest absolute Gasteiger partial charge is 0.444 e. The number of amides is 1. The van der Waals surface area contributed by atoms with Crippen molar-refractivity contribution in [1.82, 2.24) is 10.6 Å². The Morgan fingerprint density at radius 2 is 1.91 bits per heavy atom. The van der Waals surface area contributed by atoms with Crippen LogP contribution in [-0.2, 0) is 4.74 Å². The van der Waals surface area contributed by atoms with Gasteiger partial charge in [-0.05, 0) is 50.9 Å². The first-order valence-electron chi connectivity index (χ1n) is 8.71. The second kappa shape index (κ2) is 7.67. The maximum atomic E-state index is 11.8. The van der Waals surface area contributed by atoms with E-state index in [0.29, 0.717) is 29.8 Å². The third-order valence-corrected chi connectivity index (χ3v) is 4.73. The molecule has 0 spiro atoms. The van der Waals surface area contributed by atoms with Gasteiger partial charge in [-0.2, -0.15) is 0 Å². The summed E-state index contributed by atoms with van der Waals surface area (Å²) in [6.45, 7) is 16.4. The van der Waals surface area contributed by atoms with Crippen molar-refractivity contribution in [3.8, 4) is 0 Å². The molecular formula is C18H36N2O2. The van der Waals surface area contributed by atoms with Gasteiger partial charge in [0.2, 0.25) is 0 Å². The molecule has 0 saturated heterocycles. The molecule has 1 saturated carbocycles. The van der Waals surface area contributed by atoms with Gasteiger partial charge in [0.25, 0.3) is 0 Å². The quantitative estimate of drug-likeness (QED) is 0.780. The van der Waals surface area contributed by atoms with Crippen molar-refractivity contribution in [3.63, 3.8) is 0 Å². The molecule has 0 bridgehead atoms. The minimum absolute atomic E-state index is 0.320. The van der Waals surface area contributed by atoms with Crippen LogP contribution in [0.1, 0.15) is 67.7 Å². The average Bonchev–Trinajstić information content (AvgIpc) is 2.65. The van der Waals surface area contributed by atoms with Crippen molar-refractivity contribution < 1.29 is 9.53 Å². The molecule has 4 nitrogen and oxygen atoms in total. The van der Waals surface area contributed by atoms with Crippen molar-refractivity contribution >= 4 is 6.09 Å². The van der Waals surface area contributed by atoms with Gasteiger partial charge in [0, 0.05) is 19.1 Å². The van der Waals surface area contributed by atoms with E-state index in [1.54, 1.807) is 0 Å². The molecule has 2 atom stereocenters. The Kier molecular flexibility index (Phi) is 6.72. The van der Waals surface area contributed by atoms with Crippen LogP contribution < -0.4 is 10.6 Å². The van der Waals surface area contributed by atoms with E-state index in [4.69, 9.17) is 4.74 Å². The van der Waals surface area contributed by atoms with Gasteiger partial charge in [0.05, 0.1) is 0 Å². The molecule has 0 aromatic rings. The molecule has 2 N–H and O–H groups in total. The predicted octanol–water partition coefficient (Wildman–Crippen LogP) is 3.95. The fourth-order valence-corrected chi connectivity index (χ4v) is 3.07. The molecule has 1 amide bonds. The fourth-order valence-electron chi connectivity index (χ4n) is 3.07. The maximum Gasteiger partial charge on any atom is 0.407 e. The first kappa shape index (κ1) is 19.3. The molecule has 2 unspecified atom stereocenters. The molecule has 1 fully saturated rings. The lowest BCUT2D eigenvalue weighted by Crippen LogP contribution is -2.44. The van der Waals surface area contributed by atoms with E-state index in [1.165, 1.54) is 19.3 Å². The molecule has 1 aliphatic rings. The Hall–Kier alpha value is -0.770. The lowest BCUT2D eigenvalue weighted by molar-refractivity contribution is 0.0514. The summed E-state index contributed by atoms with van der Waals surface area (Å²) in [5.74, 6) is 0.941. The Balaban J connectivity index is 2.41. The van der Waals surface area contributed by atoms with Gasteiger partial charge in [0.1, 0.15) is 5.60 Å². The van der Waals surface area contributed by atoms with Crippen LogP contribution in [0.15, 0.2) is 0 Å². The van der Waals surface area contributed by atoms with Gasteiger partial charge in [0.15, 0.2) is 0 Å². The summed E-state index contributed by atoms with van der Waals surface area (Å²) in [7, 11) is 0. The van der Waals surface area contributed by atoms with E-state index in [2.05, 4.69) is 38.3 Å². The second-order valence-electron chi connectivity index (χ2n) is 8.73. The van der Waals surface area contributed by atoms with Gasteiger partial charge < -0.3 is 15.4 Å². The third-order valence-electron chi connectivity index (χ3n) is 4.73. The zero-order valence-electron chi connectivity index (χ0n) is 15.6. The number of hydrogen-bond acceptors (Lipinski definition) is 3. The van der Waals surface area contributed by atoms with E-state index in [9.17, 15) is 4.79 Å². The van der Waals surface area contributed by atoms with Crippen molar-refractivity contribution in [3.05, 3.63) is 0 Å². The zero-order chi connectivity index (χ0) is 17.0. The van der Waals surface area contributed by atoms with Crippen molar-refractivity contribution in [1.29, 1.82) is 0 Å². The van der Waals surface area contributed by atoms with Crippen LogP contribution in [0.3, 0.4) is 0 Å². The lowest BCUT2D eigenvalue weighted by atomic mass is 9.86. The van der Waals surface area contributed by atoms with E-state index >= 15 is 0 Å². The Morgan fingerprint density at radius 3 is 2.36 bits per heavy atom. The van der Waals surface area contributed by atoms with Gasteiger partial charge in [-0.15, -0.1) is 0 Å². The molecule has 22 heavy (non-hydrogen) atoms. The maximum absolute atomic E-state index is 11.8. The number of alkyl carbamates (subject to hydrolysis) is 1. The smallest absolute Gasteiger partial charge is 0.407 e. The van der Waals surface area contributed by atoms with Crippen LogP contribution in [0.5, 0.6) is 0 Å². The predicted molar refractivity (Wildman–Crippen MR) is 92.0 cm³/mol. The highest BCUT2D eigenvalue weighted by Crippen LogP contribution is 2.37. The summed E-state index contributed by atoms with van der Waals surface area (Å²) in [6, 6.07) is 0.593. The molecule has 0 heterocycles. The topological polar surface area (TPSA) is 50.4 Å². The first-order chi connectivity index (χ1) is 10.0. The molecule has 0 aromatic heterocycles. The van der Waals surface area contributed by atoms with Crippen molar-refractivity contribution in [2.45, 2.75) is 79.4 Å². The van der Waals surface area contributed by atoms with Crippen LogP contribution in [0.25, 0.3) is 0 Å².